The van der Waals surface area contributed by atoms with Crippen molar-refractivity contribution in [2.45, 2.75) is 19.9 Å². The first kappa shape index (κ1) is 16.3. The van der Waals surface area contributed by atoms with Crippen molar-refractivity contribution in [1.29, 1.82) is 0 Å². The van der Waals surface area contributed by atoms with Crippen molar-refractivity contribution in [2.75, 3.05) is 26.2 Å². The molecular weight excluding hydrogens is 334 g/mol. The van der Waals surface area contributed by atoms with Crippen LogP contribution < -0.4 is 0 Å². The summed E-state index contributed by atoms with van der Waals surface area (Å²) >= 11 is 1.69. The summed E-state index contributed by atoms with van der Waals surface area (Å²) in [7, 11) is 0. The first-order valence-corrected chi connectivity index (χ1v) is 9.48. The molecule has 6 heteroatoms. The van der Waals surface area contributed by atoms with Crippen molar-refractivity contribution < 1.29 is 9.21 Å². The predicted octanol–water partition coefficient (Wildman–Crippen LogP) is 3.55. The average Bonchev–Trinajstić information content (AvgIpc) is 3.15. The molecule has 25 heavy (non-hydrogen) atoms. The Bertz CT molecular complexity index is 853. The Morgan fingerprint density at radius 3 is 2.92 bits per heavy atom. The van der Waals surface area contributed by atoms with E-state index in [1.165, 1.54) is 0 Å². The minimum atomic E-state index is -0.0115. The third kappa shape index (κ3) is 3.60. The lowest BCUT2D eigenvalue weighted by atomic mass is 10.2. The maximum Gasteiger partial charge on any atom is 0.289 e. The molecule has 0 bridgehead atoms. The summed E-state index contributed by atoms with van der Waals surface area (Å²) in [6, 6.07) is 9.58. The molecule has 0 spiro atoms. The van der Waals surface area contributed by atoms with Gasteiger partial charge >= 0.3 is 0 Å². The van der Waals surface area contributed by atoms with Gasteiger partial charge in [-0.05, 0) is 25.5 Å². The molecular formula is C19H21N3O2S. The van der Waals surface area contributed by atoms with Crippen molar-refractivity contribution in [3.63, 3.8) is 0 Å². The van der Waals surface area contributed by atoms with E-state index in [9.17, 15) is 4.79 Å². The smallest absolute Gasteiger partial charge is 0.289 e. The summed E-state index contributed by atoms with van der Waals surface area (Å²) in [6.45, 7) is 6.23. The highest BCUT2D eigenvalue weighted by atomic mass is 32.1. The van der Waals surface area contributed by atoms with Crippen LogP contribution in [-0.2, 0) is 6.54 Å². The number of fused-ring (bicyclic) bond motifs is 1. The summed E-state index contributed by atoms with van der Waals surface area (Å²) in [5.74, 6) is 0.423. The molecule has 1 amide bonds. The normalized spacial score (nSPS) is 16.3. The Balaban J connectivity index is 1.42. The van der Waals surface area contributed by atoms with E-state index in [0.29, 0.717) is 5.76 Å². The van der Waals surface area contributed by atoms with Gasteiger partial charge in [-0.1, -0.05) is 18.2 Å². The number of benzene rings is 1. The molecule has 5 nitrogen and oxygen atoms in total. The second-order valence-electron chi connectivity index (χ2n) is 6.43. The number of thiazole rings is 1. The summed E-state index contributed by atoms with van der Waals surface area (Å²) in [6.07, 6.45) is 0.967. The van der Waals surface area contributed by atoms with E-state index in [0.717, 1.165) is 60.8 Å². The second-order valence-corrected chi connectivity index (χ2v) is 7.49. The van der Waals surface area contributed by atoms with Crippen LogP contribution in [0.2, 0.25) is 0 Å². The number of amides is 1. The van der Waals surface area contributed by atoms with Gasteiger partial charge in [0.05, 0.1) is 10.7 Å². The molecule has 0 radical (unpaired) electrons. The molecule has 1 fully saturated rings. The Morgan fingerprint density at radius 2 is 2.12 bits per heavy atom. The standard InChI is InChI=1S/C19H21N3O2S/c1-14-20-16(13-25-14)12-21-7-4-8-22(10-9-21)19(23)18-11-15-5-2-3-6-17(15)24-18/h2-3,5-6,11,13H,4,7-10,12H2,1H3. The second kappa shape index (κ2) is 6.98. The average molecular weight is 355 g/mol. The highest BCUT2D eigenvalue weighted by molar-refractivity contribution is 7.09. The quantitative estimate of drug-likeness (QED) is 0.721. The lowest BCUT2D eigenvalue weighted by Gasteiger charge is -2.20. The molecule has 1 aliphatic heterocycles. The molecule has 0 saturated carbocycles. The fourth-order valence-electron chi connectivity index (χ4n) is 3.29. The van der Waals surface area contributed by atoms with Gasteiger partial charge < -0.3 is 9.32 Å². The van der Waals surface area contributed by atoms with Gasteiger partial charge in [-0.15, -0.1) is 11.3 Å². The Morgan fingerprint density at radius 1 is 1.24 bits per heavy atom. The number of hydrogen-bond acceptors (Lipinski definition) is 5. The van der Waals surface area contributed by atoms with Gasteiger partial charge in [-0.2, -0.15) is 0 Å². The summed E-state index contributed by atoms with van der Waals surface area (Å²) in [5, 5.41) is 4.20. The fourth-order valence-corrected chi connectivity index (χ4v) is 3.89. The summed E-state index contributed by atoms with van der Waals surface area (Å²) in [5.41, 5.74) is 1.89. The molecule has 130 valence electrons. The molecule has 4 rings (SSSR count). The molecule has 2 aromatic heterocycles. The molecule has 0 aliphatic carbocycles. The number of aryl methyl sites for hydroxylation is 1. The van der Waals surface area contributed by atoms with Gasteiger partial charge in [-0.3, -0.25) is 9.69 Å². The predicted molar refractivity (Wildman–Crippen MR) is 98.9 cm³/mol. The third-order valence-electron chi connectivity index (χ3n) is 4.56. The topological polar surface area (TPSA) is 49.6 Å². The van der Waals surface area contributed by atoms with Crippen molar-refractivity contribution in [3.8, 4) is 0 Å². The minimum absolute atomic E-state index is 0.0115. The van der Waals surface area contributed by atoms with Gasteiger partial charge in [0.2, 0.25) is 0 Å². The zero-order valence-corrected chi connectivity index (χ0v) is 15.1. The van der Waals surface area contributed by atoms with Crippen LogP contribution in [0.15, 0.2) is 40.1 Å². The number of para-hydroxylation sites is 1. The fraction of sp³-hybridized carbons (Fsp3) is 0.368. The van der Waals surface area contributed by atoms with Gasteiger partial charge in [0.25, 0.3) is 5.91 Å². The largest absolute Gasteiger partial charge is 0.451 e. The maximum absolute atomic E-state index is 12.8. The van der Waals surface area contributed by atoms with E-state index in [-0.39, 0.29) is 5.91 Å². The Kier molecular flexibility index (Phi) is 4.55. The van der Waals surface area contributed by atoms with Crippen LogP contribution in [0, 0.1) is 6.92 Å². The number of nitrogens with zero attached hydrogens (tertiary/aromatic N) is 3. The van der Waals surface area contributed by atoms with Crippen LogP contribution in [-0.4, -0.2) is 46.9 Å². The third-order valence-corrected chi connectivity index (χ3v) is 5.39. The van der Waals surface area contributed by atoms with Gasteiger partial charge in [-0.25, -0.2) is 4.98 Å². The van der Waals surface area contributed by atoms with E-state index in [1.807, 2.05) is 42.2 Å². The summed E-state index contributed by atoms with van der Waals surface area (Å²) < 4.78 is 5.74. The number of aromatic nitrogens is 1. The van der Waals surface area contributed by atoms with E-state index >= 15 is 0 Å². The number of furan rings is 1. The molecule has 0 unspecified atom stereocenters. The van der Waals surface area contributed by atoms with Gasteiger partial charge in [0.15, 0.2) is 5.76 Å². The zero-order chi connectivity index (χ0) is 17.2. The lowest BCUT2D eigenvalue weighted by Crippen LogP contribution is -2.34. The molecule has 1 aliphatic rings. The van der Waals surface area contributed by atoms with E-state index in [1.54, 1.807) is 11.3 Å². The first-order valence-electron chi connectivity index (χ1n) is 8.60. The van der Waals surface area contributed by atoms with Crippen molar-refractivity contribution >= 4 is 28.2 Å². The van der Waals surface area contributed by atoms with Crippen LogP contribution in [0.3, 0.4) is 0 Å². The first-order chi connectivity index (χ1) is 12.2. The van der Waals surface area contributed by atoms with Crippen molar-refractivity contribution in [1.82, 2.24) is 14.8 Å². The molecule has 3 heterocycles. The molecule has 0 atom stereocenters. The highest BCUT2D eigenvalue weighted by Gasteiger charge is 2.23. The highest BCUT2D eigenvalue weighted by Crippen LogP contribution is 2.21. The Hall–Kier alpha value is -2.18. The van der Waals surface area contributed by atoms with E-state index < -0.39 is 0 Å². The van der Waals surface area contributed by atoms with Crippen molar-refractivity contribution in [3.05, 3.63) is 52.2 Å². The SMILES string of the molecule is Cc1nc(CN2CCCN(C(=O)c3cc4ccccc4o3)CC2)cs1. The van der Waals surface area contributed by atoms with E-state index in [2.05, 4.69) is 15.3 Å². The monoisotopic (exact) mass is 355 g/mol. The minimum Gasteiger partial charge on any atom is -0.451 e. The van der Waals surface area contributed by atoms with Crippen LogP contribution >= 0.6 is 11.3 Å². The number of rotatable bonds is 3. The van der Waals surface area contributed by atoms with Gasteiger partial charge in [0.1, 0.15) is 5.58 Å². The van der Waals surface area contributed by atoms with Crippen LogP contribution in [0.4, 0.5) is 0 Å². The molecule has 3 aromatic rings. The molecule has 1 saturated heterocycles. The molecule has 0 N–H and O–H groups in total. The van der Waals surface area contributed by atoms with E-state index in [4.69, 9.17) is 4.42 Å². The lowest BCUT2D eigenvalue weighted by molar-refractivity contribution is 0.0731. The Labute approximate surface area is 150 Å². The van der Waals surface area contributed by atoms with Crippen LogP contribution in [0.25, 0.3) is 11.0 Å². The van der Waals surface area contributed by atoms with Crippen molar-refractivity contribution in [2.24, 2.45) is 0 Å². The van der Waals surface area contributed by atoms with Crippen LogP contribution in [0.1, 0.15) is 27.7 Å². The van der Waals surface area contributed by atoms with Gasteiger partial charge in [0, 0.05) is 43.5 Å². The number of carbonyl (C=O) groups excluding carboxylic acids is 1. The zero-order valence-electron chi connectivity index (χ0n) is 14.3. The molecule has 1 aromatic carbocycles. The number of carbonyl (C=O) groups is 1. The number of hydrogen-bond donors (Lipinski definition) is 0. The maximum atomic E-state index is 12.8. The van der Waals surface area contributed by atoms with Crippen LogP contribution in [0.5, 0.6) is 0 Å². The summed E-state index contributed by atoms with van der Waals surface area (Å²) in [4.78, 5) is 21.6.